The molecular formula is C14H19ClFNO3S. The van der Waals surface area contributed by atoms with Crippen LogP contribution in [0.4, 0.5) is 4.39 Å². The fourth-order valence-electron chi connectivity index (χ4n) is 2.69. The molecule has 1 unspecified atom stereocenters. The van der Waals surface area contributed by atoms with E-state index in [0.29, 0.717) is 0 Å². The van der Waals surface area contributed by atoms with Gasteiger partial charge in [0.2, 0.25) is 10.0 Å². The number of benzene rings is 1. The molecule has 21 heavy (non-hydrogen) atoms. The lowest BCUT2D eigenvalue weighted by Crippen LogP contribution is -2.41. The van der Waals surface area contributed by atoms with Crippen LogP contribution in [0.3, 0.4) is 0 Å². The van der Waals surface area contributed by atoms with E-state index in [9.17, 15) is 12.8 Å². The maximum atomic E-state index is 13.7. The normalized spacial score (nSPS) is 21.7. The van der Waals surface area contributed by atoms with Crippen LogP contribution in [0.2, 0.25) is 5.02 Å². The van der Waals surface area contributed by atoms with E-state index in [2.05, 4.69) is 4.72 Å². The number of aliphatic hydroxyl groups excluding tert-OH is 1. The smallest absolute Gasteiger partial charge is 0.240 e. The first-order valence-electron chi connectivity index (χ1n) is 6.78. The topological polar surface area (TPSA) is 66.4 Å². The number of sulfonamides is 1. The summed E-state index contributed by atoms with van der Waals surface area (Å²) < 4.78 is 41.1. The van der Waals surface area contributed by atoms with E-state index in [4.69, 9.17) is 16.7 Å². The SMILES string of the molecule is CC1(C)CCCC1NS(=O)(=O)c1cc(F)c(Cl)c(CO)c1. The van der Waals surface area contributed by atoms with Gasteiger partial charge in [-0.3, -0.25) is 0 Å². The number of hydrogen-bond acceptors (Lipinski definition) is 3. The van der Waals surface area contributed by atoms with Crippen molar-refractivity contribution in [3.63, 3.8) is 0 Å². The highest BCUT2D eigenvalue weighted by atomic mass is 35.5. The van der Waals surface area contributed by atoms with Gasteiger partial charge < -0.3 is 5.11 Å². The highest BCUT2D eigenvalue weighted by Gasteiger charge is 2.37. The Morgan fingerprint density at radius 2 is 2.14 bits per heavy atom. The number of hydrogen-bond donors (Lipinski definition) is 2. The maximum Gasteiger partial charge on any atom is 0.240 e. The zero-order valence-electron chi connectivity index (χ0n) is 12.0. The summed E-state index contributed by atoms with van der Waals surface area (Å²) in [5.41, 5.74) is -0.0691. The van der Waals surface area contributed by atoms with E-state index in [-0.39, 0.29) is 26.9 Å². The van der Waals surface area contributed by atoms with Crippen LogP contribution in [-0.2, 0) is 16.6 Å². The second-order valence-corrected chi connectivity index (χ2v) is 8.18. The van der Waals surface area contributed by atoms with Crippen LogP contribution in [0.5, 0.6) is 0 Å². The average Bonchev–Trinajstić information content (AvgIpc) is 2.71. The van der Waals surface area contributed by atoms with E-state index >= 15 is 0 Å². The molecule has 0 aliphatic heterocycles. The molecule has 1 saturated carbocycles. The molecule has 0 radical (unpaired) electrons. The highest BCUT2D eigenvalue weighted by molar-refractivity contribution is 7.89. The highest BCUT2D eigenvalue weighted by Crippen LogP contribution is 2.38. The van der Waals surface area contributed by atoms with Crippen LogP contribution in [-0.4, -0.2) is 19.6 Å². The Bertz CT molecular complexity index is 646. The summed E-state index contributed by atoms with van der Waals surface area (Å²) in [6.07, 6.45) is 2.66. The van der Waals surface area contributed by atoms with E-state index in [1.807, 2.05) is 13.8 Å². The molecule has 118 valence electrons. The van der Waals surface area contributed by atoms with Crippen LogP contribution in [0.1, 0.15) is 38.7 Å². The lowest BCUT2D eigenvalue weighted by molar-refractivity contribution is 0.281. The van der Waals surface area contributed by atoms with E-state index in [0.717, 1.165) is 25.3 Å². The maximum absolute atomic E-state index is 13.7. The molecule has 2 rings (SSSR count). The molecule has 0 amide bonds. The van der Waals surface area contributed by atoms with Gasteiger partial charge in [0.1, 0.15) is 5.82 Å². The first-order chi connectivity index (χ1) is 9.67. The summed E-state index contributed by atoms with van der Waals surface area (Å²) in [5, 5.41) is 8.88. The molecule has 0 aromatic heterocycles. The fraction of sp³-hybridized carbons (Fsp3) is 0.571. The molecule has 4 nitrogen and oxygen atoms in total. The molecule has 2 N–H and O–H groups in total. The summed E-state index contributed by atoms with van der Waals surface area (Å²) in [7, 11) is -3.85. The minimum absolute atomic E-state index is 0.0581. The molecule has 1 aromatic carbocycles. The van der Waals surface area contributed by atoms with Gasteiger partial charge in [0.25, 0.3) is 0 Å². The van der Waals surface area contributed by atoms with Gasteiger partial charge in [-0.2, -0.15) is 0 Å². The summed E-state index contributed by atoms with van der Waals surface area (Å²) in [4.78, 5) is -0.212. The van der Waals surface area contributed by atoms with E-state index < -0.39 is 22.4 Å². The third-order valence-corrected chi connectivity index (χ3v) is 5.99. The van der Waals surface area contributed by atoms with Crippen molar-refractivity contribution in [1.82, 2.24) is 4.72 Å². The van der Waals surface area contributed by atoms with Crippen LogP contribution in [0.15, 0.2) is 17.0 Å². The summed E-state index contributed by atoms with van der Waals surface area (Å²) in [6.45, 7) is 3.50. The average molecular weight is 336 g/mol. The molecular weight excluding hydrogens is 317 g/mol. The fourth-order valence-corrected chi connectivity index (χ4v) is 4.36. The largest absolute Gasteiger partial charge is 0.392 e. The molecule has 7 heteroatoms. The van der Waals surface area contributed by atoms with Gasteiger partial charge in [-0.1, -0.05) is 31.9 Å². The zero-order chi connectivity index (χ0) is 15.8. The third-order valence-electron chi connectivity index (χ3n) is 4.11. The quantitative estimate of drug-likeness (QED) is 0.889. The Hall–Kier alpha value is -0.690. The molecule has 0 saturated heterocycles. The van der Waals surface area contributed by atoms with Crippen LogP contribution in [0.25, 0.3) is 0 Å². The van der Waals surface area contributed by atoms with Gasteiger partial charge in [-0.05, 0) is 30.4 Å². The summed E-state index contributed by atoms with van der Waals surface area (Å²) in [5.74, 6) is -0.853. The van der Waals surface area contributed by atoms with Crippen molar-refractivity contribution in [1.29, 1.82) is 0 Å². The van der Waals surface area contributed by atoms with Crippen molar-refractivity contribution < 1.29 is 17.9 Å². The minimum Gasteiger partial charge on any atom is -0.392 e. The standard InChI is InChI=1S/C14H19ClFNO3S/c1-14(2)5-3-4-12(14)17-21(19,20)10-6-9(8-18)13(15)11(16)7-10/h6-7,12,17-18H,3-5,8H2,1-2H3. The second-order valence-electron chi connectivity index (χ2n) is 6.09. The first-order valence-corrected chi connectivity index (χ1v) is 8.64. The number of aliphatic hydroxyl groups is 1. The Morgan fingerprint density at radius 1 is 1.48 bits per heavy atom. The second kappa shape index (κ2) is 5.83. The zero-order valence-corrected chi connectivity index (χ0v) is 13.6. The predicted molar refractivity (Wildman–Crippen MR) is 79.1 cm³/mol. The number of rotatable bonds is 4. The third kappa shape index (κ3) is 3.39. The van der Waals surface area contributed by atoms with Crippen molar-refractivity contribution >= 4 is 21.6 Å². The van der Waals surface area contributed by atoms with E-state index in [1.165, 1.54) is 6.07 Å². The summed E-state index contributed by atoms with van der Waals surface area (Å²) in [6, 6.07) is 1.90. The molecule has 0 spiro atoms. The molecule has 1 atom stereocenters. The Morgan fingerprint density at radius 3 is 2.67 bits per heavy atom. The number of nitrogens with one attached hydrogen (secondary N) is 1. The van der Waals surface area contributed by atoms with E-state index in [1.54, 1.807) is 0 Å². The van der Waals surface area contributed by atoms with Gasteiger partial charge in [-0.15, -0.1) is 0 Å². The van der Waals surface area contributed by atoms with Crippen LogP contribution < -0.4 is 4.72 Å². The monoisotopic (exact) mass is 335 g/mol. The van der Waals surface area contributed by atoms with Crippen molar-refractivity contribution in [2.45, 2.75) is 50.7 Å². The van der Waals surface area contributed by atoms with Gasteiger partial charge in [0.15, 0.2) is 0 Å². The molecule has 0 heterocycles. The lowest BCUT2D eigenvalue weighted by Gasteiger charge is -2.27. The number of halogens is 2. The van der Waals surface area contributed by atoms with Crippen molar-refractivity contribution in [2.24, 2.45) is 5.41 Å². The molecule has 1 aliphatic rings. The van der Waals surface area contributed by atoms with Crippen molar-refractivity contribution in [2.75, 3.05) is 0 Å². The molecule has 1 fully saturated rings. The van der Waals surface area contributed by atoms with Crippen LogP contribution in [0, 0.1) is 11.2 Å². The predicted octanol–water partition coefficient (Wildman–Crippen LogP) is 2.83. The Labute approximate surface area is 129 Å². The first kappa shape index (κ1) is 16.7. The van der Waals surface area contributed by atoms with Crippen molar-refractivity contribution in [3.8, 4) is 0 Å². The molecule has 1 aliphatic carbocycles. The van der Waals surface area contributed by atoms with Gasteiger partial charge >= 0.3 is 0 Å². The molecule has 1 aromatic rings. The minimum atomic E-state index is -3.85. The van der Waals surface area contributed by atoms with Gasteiger partial charge in [0.05, 0.1) is 16.5 Å². The Balaban J connectivity index is 2.34. The molecule has 0 bridgehead atoms. The summed E-state index contributed by atoms with van der Waals surface area (Å²) >= 11 is 5.68. The van der Waals surface area contributed by atoms with Gasteiger partial charge in [-0.25, -0.2) is 17.5 Å². The Kier molecular flexibility index (Phi) is 4.63. The lowest BCUT2D eigenvalue weighted by atomic mass is 9.88. The van der Waals surface area contributed by atoms with Crippen LogP contribution >= 0.6 is 11.6 Å². The van der Waals surface area contributed by atoms with Crippen molar-refractivity contribution in [3.05, 3.63) is 28.5 Å². The van der Waals surface area contributed by atoms with Gasteiger partial charge in [0, 0.05) is 11.6 Å².